The van der Waals surface area contributed by atoms with Crippen LogP contribution < -0.4 is 5.32 Å². The largest absolute Gasteiger partial charge is 0.349 e. The van der Waals surface area contributed by atoms with Gasteiger partial charge in [-0.25, -0.2) is 0 Å². The molecule has 2 rings (SSSR count). The van der Waals surface area contributed by atoms with Gasteiger partial charge in [0.15, 0.2) is 0 Å². The van der Waals surface area contributed by atoms with E-state index in [9.17, 15) is 4.79 Å². The average Bonchev–Trinajstić information content (AvgIpc) is 2.61. The van der Waals surface area contributed by atoms with Crippen molar-refractivity contribution < 1.29 is 4.79 Å². The topological polar surface area (TPSA) is 29.1 Å². The summed E-state index contributed by atoms with van der Waals surface area (Å²) in [6, 6.07) is 20.1. The van der Waals surface area contributed by atoms with Crippen LogP contribution in [0, 0.1) is 5.41 Å². The molecule has 1 amide bonds. The molecule has 2 aromatic rings. The number of rotatable bonds is 6. The van der Waals surface area contributed by atoms with Crippen molar-refractivity contribution in [1.82, 2.24) is 5.32 Å². The summed E-state index contributed by atoms with van der Waals surface area (Å²) in [7, 11) is 0. The Balaban J connectivity index is 2.09. The van der Waals surface area contributed by atoms with Gasteiger partial charge in [0.25, 0.3) is 0 Å². The Morgan fingerprint density at radius 2 is 1.65 bits per heavy atom. The van der Waals surface area contributed by atoms with Crippen molar-refractivity contribution in [2.24, 2.45) is 5.41 Å². The lowest BCUT2D eigenvalue weighted by Gasteiger charge is -2.26. The van der Waals surface area contributed by atoms with Crippen LogP contribution in [0.5, 0.6) is 0 Å². The van der Waals surface area contributed by atoms with E-state index in [1.807, 2.05) is 93.6 Å². The zero-order valence-corrected chi connectivity index (χ0v) is 14.1. The van der Waals surface area contributed by atoms with Crippen LogP contribution in [0.15, 0.2) is 66.7 Å². The van der Waals surface area contributed by atoms with Crippen LogP contribution >= 0.6 is 0 Å². The molecule has 2 atom stereocenters. The Morgan fingerprint density at radius 3 is 2.22 bits per heavy atom. The first-order chi connectivity index (χ1) is 11.0. The molecule has 0 spiro atoms. The van der Waals surface area contributed by atoms with E-state index in [-0.39, 0.29) is 11.9 Å². The van der Waals surface area contributed by atoms with E-state index in [1.54, 1.807) is 0 Å². The number of hydrogen-bond acceptors (Lipinski definition) is 1. The van der Waals surface area contributed by atoms with E-state index in [1.165, 1.54) is 0 Å². The normalized spacial score (nSPS) is 15.1. The lowest BCUT2D eigenvalue weighted by molar-refractivity contribution is -0.128. The summed E-state index contributed by atoms with van der Waals surface area (Å²) in [5.74, 6) is 0.0588. The number of amides is 1. The minimum absolute atomic E-state index is 0.000278. The SMILES string of the molecule is CC[C@](C)(/C=C/c1ccccc1)C(=O)N[C@@H](C)c1ccccc1. The molecule has 1 N–H and O–H groups in total. The summed E-state index contributed by atoms with van der Waals surface area (Å²) < 4.78 is 0. The molecule has 23 heavy (non-hydrogen) atoms. The van der Waals surface area contributed by atoms with Gasteiger partial charge in [-0.2, -0.15) is 0 Å². The fourth-order valence-corrected chi connectivity index (χ4v) is 2.38. The van der Waals surface area contributed by atoms with Crippen molar-refractivity contribution in [3.05, 3.63) is 77.9 Å². The second-order valence-corrected chi connectivity index (χ2v) is 6.12. The predicted octanol–water partition coefficient (Wildman–Crippen LogP) is 4.99. The van der Waals surface area contributed by atoms with Crippen molar-refractivity contribution in [3.63, 3.8) is 0 Å². The van der Waals surface area contributed by atoms with Gasteiger partial charge in [0, 0.05) is 0 Å². The highest BCUT2D eigenvalue weighted by Crippen LogP contribution is 2.26. The van der Waals surface area contributed by atoms with Gasteiger partial charge in [0.1, 0.15) is 0 Å². The Kier molecular flexibility index (Phi) is 5.75. The van der Waals surface area contributed by atoms with E-state index >= 15 is 0 Å². The molecular formula is C21H25NO. The molecule has 0 unspecified atom stereocenters. The molecule has 2 nitrogen and oxygen atoms in total. The van der Waals surface area contributed by atoms with E-state index in [0.717, 1.165) is 17.5 Å². The lowest BCUT2D eigenvalue weighted by Crippen LogP contribution is -2.38. The molecule has 0 fully saturated rings. The molecule has 120 valence electrons. The quantitative estimate of drug-likeness (QED) is 0.800. The third kappa shape index (κ3) is 4.56. The van der Waals surface area contributed by atoms with Crippen molar-refractivity contribution in [2.45, 2.75) is 33.2 Å². The Labute approximate surface area is 139 Å². The van der Waals surface area contributed by atoms with Crippen LogP contribution in [-0.4, -0.2) is 5.91 Å². The molecule has 0 aliphatic heterocycles. The molecule has 0 bridgehead atoms. The summed E-state index contributed by atoms with van der Waals surface area (Å²) in [6.07, 6.45) is 4.79. The van der Waals surface area contributed by atoms with Crippen LogP contribution in [0.4, 0.5) is 0 Å². The summed E-state index contributed by atoms with van der Waals surface area (Å²) in [6.45, 7) is 6.05. The monoisotopic (exact) mass is 307 g/mol. The molecule has 0 heterocycles. The van der Waals surface area contributed by atoms with Gasteiger partial charge in [-0.05, 0) is 31.4 Å². The van der Waals surface area contributed by atoms with E-state index in [4.69, 9.17) is 0 Å². The van der Waals surface area contributed by atoms with Gasteiger partial charge in [-0.3, -0.25) is 4.79 Å². The Bertz CT molecular complexity index is 648. The van der Waals surface area contributed by atoms with Gasteiger partial charge in [0.2, 0.25) is 5.91 Å². The highest BCUT2D eigenvalue weighted by atomic mass is 16.2. The zero-order chi connectivity index (χ0) is 16.7. The van der Waals surface area contributed by atoms with Crippen molar-refractivity contribution >= 4 is 12.0 Å². The highest BCUT2D eigenvalue weighted by molar-refractivity contribution is 5.85. The van der Waals surface area contributed by atoms with Gasteiger partial charge < -0.3 is 5.32 Å². The smallest absolute Gasteiger partial charge is 0.230 e. The van der Waals surface area contributed by atoms with Crippen LogP contribution in [0.3, 0.4) is 0 Å². The van der Waals surface area contributed by atoms with Crippen LogP contribution in [0.2, 0.25) is 0 Å². The number of carbonyl (C=O) groups excluding carboxylic acids is 1. The molecule has 0 aromatic heterocycles. The second kappa shape index (κ2) is 7.77. The lowest BCUT2D eigenvalue weighted by atomic mass is 9.85. The number of carbonyl (C=O) groups is 1. The first-order valence-corrected chi connectivity index (χ1v) is 8.15. The molecule has 0 aliphatic carbocycles. The second-order valence-electron chi connectivity index (χ2n) is 6.12. The summed E-state index contributed by atoms with van der Waals surface area (Å²) in [4.78, 5) is 12.7. The molecule has 0 aliphatic rings. The van der Waals surface area contributed by atoms with Crippen LogP contribution in [0.25, 0.3) is 6.08 Å². The molecule has 0 saturated carbocycles. The fraction of sp³-hybridized carbons (Fsp3) is 0.286. The van der Waals surface area contributed by atoms with Gasteiger partial charge >= 0.3 is 0 Å². The fourth-order valence-electron chi connectivity index (χ4n) is 2.38. The summed E-state index contributed by atoms with van der Waals surface area (Å²) in [5, 5.41) is 3.13. The maximum absolute atomic E-state index is 12.7. The first-order valence-electron chi connectivity index (χ1n) is 8.15. The maximum Gasteiger partial charge on any atom is 0.230 e. The van der Waals surface area contributed by atoms with E-state index in [0.29, 0.717) is 0 Å². The molecule has 0 radical (unpaired) electrons. The highest BCUT2D eigenvalue weighted by Gasteiger charge is 2.29. The maximum atomic E-state index is 12.7. The minimum atomic E-state index is -0.515. The van der Waals surface area contributed by atoms with Crippen molar-refractivity contribution in [2.75, 3.05) is 0 Å². The predicted molar refractivity (Wildman–Crippen MR) is 96.9 cm³/mol. The van der Waals surface area contributed by atoms with Gasteiger partial charge in [-0.15, -0.1) is 0 Å². The molecular weight excluding hydrogens is 282 g/mol. The number of nitrogens with one attached hydrogen (secondary N) is 1. The first kappa shape index (κ1) is 17.0. The Hall–Kier alpha value is -2.35. The third-order valence-electron chi connectivity index (χ3n) is 4.34. The number of benzene rings is 2. The molecule has 2 aromatic carbocycles. The van der Waals surface area contributed by atoms with Crippen LogP contribution in [0.1, 0.15) is 44.4 Å². The summed E-state index contributed by atoms with van der Waals surface area (Å²) >= 11 is 0. The van der Waals surface area contributed by atoms with E-state index in [2.05, 4.69) is 5.32 Å². The van der Waals surface area contributed by atoms with Crippen LogP contribution in [-0.2, 0) is 4.79 Å². The Morgan fingerprint density at radius 1 is 1.09 bits per heavy atom. The standard InChI is InChI=1S/C21H25NO/c1-4-21(3,16-15-18-11-7-5-8-12-18)20(23)22-17(2)19-13-9-6-10-14-19/h5-17H,4H2,1-3H3,(H,22,23)/b16-15+/t17-,21+/m0/s1. The van der Waals surface area contributed by atoms with Gasteiger partial charge in [-0.1, -0.05) is 79.7 Å². The molecule has 2 heteroatoms. The average molecular weight is 307 g/mol. The van der Waals surface area contributed by atoms with E-state index < -0.39 is 5.41 Å². The van der Waals surface area contributed by atoms with Gasteiger partial charge in [0.05, 0.1) is 11.5 Å². The number of hydrogen-bond donors (Lipinski definition) is 1. The van der Waals surface area contributed by atoms with Crippen molar-refractivity contribution in [3.8, 4) is 0 Å². The summed E-state index contributed by atoms with van der Waals surface area (Å²) in [5.41, 5.74) is 1.71. The zero-order valence-electron chi connectivity index (χ0n) is 14.1. The van der Waals surface area contributed by atoms with Crippen molar-refractivity contribution in [1.29, 1.82) is 0 Å². The molecule has 0 saturated heterocycles. The third-order valence-corrected chi connectivity index (χ3v) is 4.34. The minimum Gasteiger partial charge on any atom is -0.349 e.